The molecule has 0 aliphatic rings. The second-order valence-electron chi connectivity index (χ2n) is 4.63. The number of rotatable bonds is 2. The van der Waals surface area contributed by atoms with E-state index >= 15 is 0 Å². The van der Waals surface area contributed by atoms with Gasteiger partial charge in [-0.05, 0) is 46.3 Å². The maximum atomic E-state index is 11.0. The summed E-state index contributed by atoms with van der Waals surface area (Å²) >= 11 is 9.48. The molecule has 21 heavy (non-hydrogen) atoms. The van der Waals surface area contributed by atoms with Crippen molar-refractivity contribution in [2.45, 2.75) is 0 Å². The lowest BCUT2D eigenvalue weighted by molar-refractivity contribution is 0.0697. The molecule has 4 nitrogen and oxygen atoms in total. The molecule has 0 unspecified atom stereocenters. The van der Waals surface area contributed by atoms with E-state index in [1.165, 1.54) is 0 Å². The van der Waals surface area contributed by atoms with Gasteiger partial charge in [-0.15, -0.1) is 0 Å². The summed E-state index contributed by atoms with van der Waals surface area (Å²) in [5, 5.41) is 9.65. The number of imidazole rings is 1. The third kappa shape index (κ3) is 2.43. The highest BCUT2D eigenvalue weighted by Crippen LogP contribution is 2.30. The van der Waals surface area contributed by atoms with E-state index in [1.807, 2.05) is 29.8 Å². The van der Waals surface area contributed by atoms with Gasteiger partial charge in [-0.2, -0.15) is 0 Å². The molecule has 0 aliphatic heterocycles. The zero-order chi connectivity index (χ0) is 15.1. The Morgan fingerprint density at radius 3 is 2.71 bits per heavy atom. The first kappa shape index (κ1) is 14.1. The number of hydrogen-bond acceptors (Lipinski definition) is 2. The van der Waals surface area contributed by atoms with Crippen molar-refractivity contribution in [1.82, 2.24) is 9.55 Å². The number of halogens is 2. The van der Waals surface area contributed by atoms with Gasteiger partial charge in [-0.3, -0.25) is 0 Å². The SMILES string of the molecule is Cn1c(-c2ccc(Br)c(Cl)c2)nc2cc(C(=O)O)ccc21. The number of aryl methyl sites for hydroxylation is 1. The maximum absolute atomic E-state index is 11.0. The Bertz CT molecular complexity index is 873. The fourth-order valence-corrected chi connectivity index (χ4v) is 2.65. The lowest BCUT2D eigenvalue weighted by atomic mass is 10.2. The minimum atomic E-state index is -0.962. The van der Waals surface area contributed by atoms with Gasteiger partial charge in [0.1, 0.15) is 5.82 Å². The van der Waals surface area contributed by atoms with Gasteiger partial charge in [0.05, 0.1) is 21.6 Å². The van der Waals surface area contributed by atoms with Crippen LogP contribution in [0.1, 0.15) is 10.4 Å². The predicted molar refractivity (Wildman–Crippen MR) is 85.8 cm³/mol. The molecule has 0 radical (unpaired) electrons. The van der Waals surface area contributed by atoms with Crippen LogP contribution in [0.4, 0.5) is 0 Å². The summed E-state index contributed by atoms with van der Waals surface area (Å²) in [7, 11) is 1.89. The van der Waals surface area contributed by atoms with Crippen molar-refractivity contribution < 1.29 is 9.90 Å². The van der Waals surface area contributed by atoms with E-state index in [2.05, 4.69) is 20.9 Å². The molecule has 6 heteroatoms. The monoisotopic (exact) mass is 364 g/mol. The Labute approximate surface area is 134 Å². The minimum absolute atomic E-state index is 0.223. The molecule has 0 bridgehead atoms. The molecule has 2 aromatic carbocycles. The van der Waals surface area contributed by atoms with Crippen LogP contribution in [0.2, 0.25) is 5.02 Å². The maximum Gasteiger partial charge on any atom is 0.335 e. The summed E-state index contributed by atoms with van der Waals surface area (Å²) in [5.74, 6) is -0.224. The molecule has 3 aromatic rings. The highest BCUT2D eigenvalue weighted by atomic mass is 79.9. The Kier molecular flexibility index (Phi) is 3.47. The second kappa shape index (κ2) is 5.16. The van der Waals surface area contributed by atoms with Crippen molar-refractivity contribution in [2.24, 2.45) is 7.05 Å². The van der Waals surface area contributed by atoms with Crippen molar-refractivity contribution >= 4 is 44.5 Å². The minimum Gasteiger partial charge on any atom is -0.478 e. The lowest BCUT2D eigenvalue weighted by Gasteiger charge is -2.04. The van der Waals surface area contributed by atoms with Crippen LogP contribution in [0.5, 0.6) is 0 Å². The first-order chi connectivity index (χ1) is 9.97. The average molecular weight is 366 g/mol. The highest BCUT2D eigenvalue weighted by Gasteiger charge is 2.13. The smallest absolute Gasteiger partial charge is 0.335 e. The quantitative estimate of drug-likeness (QED) is 0.734. The summed E-state index contributed by atoms with van der Waals surface area (Å²) in [5.41, 5.74) is 2.61. The van der Waals surface area contributed by atoms with Crippen LogP contribution >= 0.6 is 27.5 Å². The third-order valence-electron chi connectivity index (χ3n) is 3.31. The Morgan fingerprint density at radius 1 is 1.29 bits per heavy atom. The molecule has 0 aliphatic carbocycles. The summed E-state index contributed by atoms with van der Waals surface area (Å²) in [6.45, 7) is 0. The van der Waals surface area contributed by atoms with E-state index in [4.69, 9.17) is 16.7 Å². The van der Waals surface area contributed by atoms with Crippen molar-refractivity contribution in [2.75, 3.05) is 0 Å². The van der Waals surface area contributed by atoms with Gasteiger partial charge in [0, 0.05) is 17.1 Å². The van der Waals surface area contributed by atoms with Crippen LogP contribution in [0.25, 0.3) is 22.4 Å². The lowest BCUT2D eigenvalue weighted by Crippen LogP contribution is -1.95. The first-order valence-corrected chi connectivity index (χ1v) is 7.29. The van der Waals surface area contributed by atoms with E-state index in [0.717, 1.165) is 21.4 Å². The van der Waals surface area contributed by atoms with Gasteiger partial charge in [0.15, 0.2) is 0 Å². The molecule has 1 N–H and O–H groups in total. The Balaban J connectivity index is 2.21. The Morgan fingerprint density at radius 2 is 2.05 bits per heavy atom. The first-order valence-electron chi connectivity index (χ1n) is 6.12. The molecular weight excluding hydrogens is 356 g/mol. The van der Waals surface area contributed by atoms with E-state index in [-0.39, 0.29) is 5.56 Å². The number of carboxylic acid groups (broad SMARTS) is 1. The van der Waals surface area contributed by atoms with Gasteiger partial charge in [-0.1, -0.05) is 17.7 Å². The number of aromatic carboxylic acids is 1. The van der Waals surface area contributed by atoms with Gasteiger partial charge >= 0.3 is 5.97 Å². The largest absolute Gasteiger partial charge is 0.478 e. The normalized spacial score (nSPS) is 11.0. The van der Waals surface area contributed by atoms with Crippen LogP contribution in [0.3, 0.4) is 0 Å². The predicted octanol–water partition coefficient (Wildman–Crippen LogP) is 4.35. The zero-order valence-corrected chi connectivity index (χ0v) is 13.3. The second-order valence-corrected chi connectivity index (χ2v) is 5.89. The van der Waals surface area contributed by atoms with Gasteiger partial charge in [-0.25, -0.2) is 9.78 Å². The number of carboxylic acids is 1. The number of fused-ring (bicyclic) bond motifs is 1. The van der Waals surface area contributed by atoms with Crippen LogP contribution in [-0.2, 0) is 7.05 Å². The fourth-order valence-electron chi connectivity index (χ4n) is 2.23. The van der Waals surface area contributed by atoms with Crippen LogP contribution in [0.15, 0.2) is 40.9 Å². The van der Waals surface area contributed by atoms with Gasteiger partial charge < -0.3 is 9.67 Å². The molecule has 0 fully saturated rings. The average Bonchev–Trinajstić information content (AvgIpc) is 2.78. The number of hydrogen-bond donors (Lipinski definition) is 1. The third-order valence-corrected chi connectivity index (χ3v) is 4.54. The van der Waals surface area contributed by atoms with Crippen LogP contribution < -0.4 is 0 Å². The molecular formula is C15H10BrClN2O2. The van der Waals surface area contributed by atoms with Crippen molar-refractivity contribution in [3.8, 4) is 11.4 Å². The fraction of sp³-hybridized carbons (Fsp3) is 0.0667. The van der Waals surface area contributed by atoms with Gasteiger partial charge in [0.2, 0.25) is 0 Å². The number of nitrogens with zero attached hydrogens (tertiary/aromatic N) is 2. The number of benzene rings is 2. The van der Waals surface area contributed by atoms with Crippen molar-refractivity contribution in [3.63, 3.8) is 0 Å². The van der Waals surface area contributed by atoms with E-state index in [9.17, 15) is 4.79 Å². The number of carbonyl (C=O) groups is 1. The molecule has 0 saturated heterocycles. The van der Waals surface area contributed by atoms with Gasteiger partial charge in [0.25, 0.3) is 0 Å². The van der Waals surface area contributed by atoms with E-state index in [0.29, 0.717) is 10.5 Å². The van der Waals surface area contributed by atoms with Crippen LogP contribution in [-0.4, -0.2) is 20.6 Å². The molecule has 0 saturated carbocycles. The summed E-state index contributed by atoms with van der Waals surface area (Å²) in [4.78, 5) is 15.6. The molecule has 106 valence electrons. The number of aromatic nitrogens is 2. The molecule has 1 aromatic heterocycles. The van der Waals surface area contributed by atoms with E-state index < -0.39 is 5.97 Å². The van der Waals surface area contributed by atoms with Crippen molar-refractivity contribution in [1.29, 1.82) is 0 Å². The highest BCUT2D eigenvalue weighted by molar-refractivity contribution is 9.10. The molecule has 1 heterocycles. The van der Waals surface area contributed by atoms with Crippen molar-refractivity contribution in [3.05, 3.63) is 51.5 Å². The molecule has 0 spiro atoms. The summed E-state index contributed by atoms with van der Waals surface area (Å²) < 4.78 is 2.74. The molecule has 0 amide bonds. The summed E-state index contributed by atoms with van der Waals surface area (Å²) in [6, 6.07) is 10.5. The van der Waals surface area contributed by atoms with Crippen LogP contribution in [0, 0.1) is 0 Å². The van der Waals surface area contributed by atoms with E-state index in [1.54, 1.807) is 18.2 Å². The Hall–Kier alpha value is -1.85. The standard InChI is InChI=1S/C15H10BrClN2O2/c1-19-13-5-3-9(15(20)21)7-12(13)18-14(19)8-2-4-10(16)11(17)6-8/h2-7H,1H3,(H,20,21). The topological polar surface area (TPSA) is 55.1 Å². The zero-order valence-electron chi connectivity index (χ0n) is 11.0. The molecule has 3 rings (SSSR count). The summed E-state index contributed by atoms with van der Waals surface area (Å²) in [6.07, 6.45) is 0. The molecule has 0 atom stereocenters.